The molecule has 0 radical (unpaired) electrons. The second-order valence-corrected chi connectivity index (χ2v) is 3.07. The van der Waals surface area contributed by atoms with Crippen LogP contribution in [0.2, 0.25) is 0 Å². The van der Waals surface area contributed by atoms with Gasteiger partial charge in [0.1, 0.15) is 6.29 Å². The standard InChI is InChI=1S/C13H9NO/c15-9-2-1-4-11-5-3-6-12-10-14-8-7-13(11)12/h3,5-10H,2H2. The molecule has 2 rings (SSSR count). The van der Waals surface area contributed by atoms with E-state index in [9.17, 15) is 4.79 Å². The van der Waals surface area contributed by atoms with Gasteiger partial charge in [0.2, 0.25) is 0 Å². The Hall–Kier alpha value is -2.14. The molecule has 0 N–H and O–H groups in total. The van der Waals surface area contributed by atoms with Crippen molar-refractivity contribution < 1.29 is 4.79 Å². The van der Waals surface area contributed by atoms with E-state index >= 15 is 0 Å². The molecule has 15 heavy (non-hydrogen) atoms. The first-order valence-corrected chi connectivity index (χ1v) is 4.67. The number of rotatable bonds is 1. The van der Waals surface area contributed by atoms with Crippen LogP contribution in [0.1, 0.15) is 12.0 Å². The maximum atomic E-state index is 10.1. The Balaban J connectivity index is 2.52. The molecule has 0 saturated heterocycles. The predicted molar refractivity (Wildman–Crippen MR) is 59.3 cm³/mol. The Morgan fingerprint density at radius 2 is 2.27 bits per heavy atom. The SMILES string of the molecule is O=CCC#Cc1cccc2cnccc12. The van der Waals surface area contributed by atoms with E-state index in [0.29, 0.717) is 0 Å². The highest BCUT2D eigenvalue weighted by atomic mass is 16.1. The van der Waals surface area contributed by atoms with Crippen molar-refractivity contribution in [2.45, 2.75) is 6.42 Å². The number of nitrogens with zero attached hydrogens (tertiary/aromatic N) is 1. The van der Waals surface area contributed by atoms with Gasteiger partial charge < -0.3 is 4.79 Å². The first-order chi connectivity index (χ1) is 7.42. The molecular weight excluding hydrogens is 186 g/mol. The number of pyridine rings is 1. The summed E-state index contributed by atoms with van der Waals surface area (Å²) in [6.45, 7) is 0. The molecular formula is C13H9NO. The van der Waals surface area contributed by atoms with Crippen LogP contribution in [-0.2, 0) is 4.79 Å². The van der Waals surface area contributed by atoms with Crippen LogP contribution in [0.15, 0.2) is 36.7 Å². The number of aldehydes is 1. The maximum absolute atomic E-state index is 10.1. The van der Waals surface area contributed by atoms with Crippen LogP contribution >= 0.6 is 0 Å². The van der Waals surface area contributed by atoms with Gasteiger partial charge in [0.25, 0.3) is 0 Å². The highest BCUT2D eigenvalue weighted by Gasteiger charge is 1.96. The molecule has 2 nitrogen and oxygen atoms in total. The van der Waals surface area contributed by atoms with Gasteiger partial charge in [-0.1, -0.05) is 24.0 Å². The van der Waals surface area contributed by atoms with Gasteiger partial charge in [-0.05, 0) is 12.1 Å². The number of hydrogen-bond donors (Lipinski definition) is 0. The lowest BCUT2D eigenvalue weighted by atomic mass is 10.1. The van der Waals surface area contributed by atoms with Gasteiger partial charge in [-0.2, -0.15) is 0 Å². The zero-order chi connectivity index (χ0) is 10.5. The number of aromatic nitrogens is 1. The van der Waals surface area contributed by atoms with E-state index in [1.54, 1.807) is 12.4 Å². The van der Waals surface area contributed by atoms with Crippen molar-refractivity contribution in [1.82, 2.24) is 4.98 Å². The lowest BCUT2D eigenvalue weighted by Crippen LogP contribution is -1.80. The van der Waals surface area contributed by atoms with E-state index in [1.165, 1.54) is 0 Å². The molecule has 1 aromatic heterocycles. The third-order valence-electron chi connectivity index (χ3n) is 2.09. The Kier molecular flexibility index (Phi) is 2.75. The van der Waals surface area contributed by atoms with E-state index in [-0.39, 0.29) is 6.42 Å². The molecule has 0 spiro atoms. The number of carbonyl (C=O) groups is 1. The molecule has 2 heteroatoms. The third kappa shape index (κ3) is 2.03. The number of carbonyl (C=O) groups excluding carboxylic acids is 1. The topological polar surface area (TPSA) is 30.0 Å². The molecule has 0 atom stereocenters. The fourth-order valence-electron chi connectivity index (χ4n) is 1.42. The van der Waals surface area contributed by atoms with Gasteiger partial charge in [-0.3, -0.25) is 4.98 Å². The van der Waals surface area contributed by atoms with Crippen LogP contribution in [0.3, 0.4) is 0 Å². The van der Waals surface area contributed by atoms with Crippen molar-refractivity contribution in [2.24, 2.45) is 0 Å². The average Bonchev–Trinajstić information content (AvgIpc) is 2.30. The lowest BCUT2D eigenvalue weighted by Gasteiger charge is -1.98. The highest BCUT2D eigenvalue weighted by molar-refractivity contribution is 5.87. The van der Waals surface area contributed by atoms with Crippen molar-refractivity contribution in [1.29, 1.82) is 0 Å². The molecule has 0 fully saturated rings. The van der Waals surface area contributed by atoms with Gasteiger partial charge >= 0.3 is 0 Å². The predicted octanol–water partition coefficient (Wildman–Crippen LogP) is 2.18. The molecule has 1 heterocycles. The van der Waals surface area contributed by atoms with Crippen LogP contribution in [0.4, 0.5) is 0 Å². The normalized spacial score (nSPS) is 9.33. The van der Waals surface area contributed by atoms with Crippen LogP contribution < -0.4 is 0 Å². The van der Waals surface area contributed by atoms with E-state index < -0.39 is 0 Å². The van der Waals surface area contributed by atoms with E-state index in [1.807, 2.05) is 24.3 Å². The first kappa shape index (κ1) is 9.42. The second-order valence-electron chi connectivity index (χ2n) is 3.07. The highest BCUT2D eigenvalue weighted by Crippen LogP contribution is 2.16. The summed E-state index contributed by atoms with van der Waals surface area (Å²) in [4.78, 5) is 14.2. The molecule has 0 saturated carbocycles. The van der Waals surface area contributed by atoms with E-state index in [0.717, 1.165) is 22.6 Å². The monoisotopic (exact) mass is 195 g/mol. The van der Waals surface area contributed by atoms with Gasteiger partial charge in [0.15, 0.2) is 0 Å². The Morgan fingerprint density at radius 1 is 1.33 bits per heavy atom. The molecule has 2 aromatic rings. The Morgan fingerprint density at radius 3 is 3.13 bits per heavy atom. The quantitative estimate of drug-likeness (QED) is 0.515. The summed E-state index contributed by atoms with van der Waals surface area (Å²) >= 11 is 0. The van der Waals surface area contributed by atoms with Gasteiger partial charge in [-0.15, -0.1) is 0 Å². The molecule has 72 valence electrons. The van der Waals surface area contributed by atoms with Crippen LogP contribution in [-0.4, -0.2) is 11.3 Å². The molecule has 0 bridgehead atoms. The summed E-state index contributed by atoms with van der Waals surface area (Å²) in [5.74, 6) is 5.78. The minimum atomic E-state index is 0.279. The summed E-state index contributed by atoms with van der Waals surface area (Å²) in [5.41, 5.74) is 0.941. The molecule has 0 aliphatic heterocycles. The fourth-order valence-corrected chi connectivity index (χ4v) is 1.42. The lowest BCUT2D eigenvalue weighted by molar-refractivity contribution is -0.107. The molecule has 0 aliphatic carbocycles. The zero-order valence-electron chi connectivity index (χ0n) is 8.10. The molecule has 0 aliphatic rings. The van der Waals surface area contributed by atoms with Gasteiger partial charge in [0.05, 0.1) is 6.42 Å². The van der Waals surface area contributed by atoms with Gasteiger partial charge in [0, 0.05) is 28.7 Å². The second kappa shape index (κ2) is 4.39. The minimum Gasteiger partial charge on any atom is -0.302 e. The van der Waals surface area contributed by atoms with Crippen LogP contribution in [0.5, 0.6) is 0 Å². The Labute approximate surface area is 88.0 Å². The summed E-state index contributed by atoms with van der Waals surface area (Å²) in [6.07, 6.45) is 4.63. The largest absolute Gasteiger partial charge is 0.302 e. The number of hydrogen-bond acceptors (Lipinski definition) is 2. The summed E-state index contributed by atoms with van der Waals surface area (Å²) in [6, 6.07) is 7.81. The zero-order valence-corrected chi connectivity index (χ0v) is 8.10. The molecule has 0 unspecified atom stereocenters. The van der Waals surface area contributed by atoms with E-state index in [2.05, 4.69) is 16.8 Å². The van der Waals surface area contributed by atoms with Crippen LogP contribution in [0.25, 0.3) is 10.8 Å². The number of fused-ring (bicyclic) bond motifs is 1. The maximum Gasteiger partial charge on any atom is 0.131 e. The van der Waals surface area contributed by atoms with Gasteiger partial charge in [-0.25, -0.2) is 0 Å². The summed E-state index contributed by atoms with van der Waals surface area (Å²) < 4.78 is 0. The van der Waals surface area contributed by atoms with Crippen molar-refractivity contribution in [3.63, 3.8) is 0 Å². The molecule has 1 aromatic carbocycles. The summed E-state index contributed by atoms with van der Waals surface area (Å²) in [5, 5.41) is 2.14. The van der Waals surface area contributed by atoms with Crippen molar-refractivity contribution in [3.8, 4) is 11.8 Å². The Bertz CT molecular complexity index is 544. The molecule has 0 amide bonds. The van der Waals surface area contributed by atoms with Crippen molar-refractivity contribution in [2.75, 3.05) is 0 Å². The van der Waals surface area contributed by atoms with Crippen LogP contribution in [0, 0.1) is 11.8 Å². The first-order valence-electron chi connectivity index (χ1n) is 4.67. The van der Waals surface area contributed by atoms with Crippen molar-refractivity contribution >= 4 is 17.1 Å². The average molecular weight is 195 g/mol. The smallest absolute Gasteiger partial charge is 0.131 e. The third-order valence-corrected chi connectivity index (χ3v) is 2.09. The summed E-state index contributed by atoms with van der Waals surface area (Å²) in [7, 11) is 0. The fraction of sp³-hybridized carbons (Fsp3) is 0.0769. The van der Waals surface area contributed by atoms with E-state index in [4.69, 9.17) is 0 Å². The number of benzene rings is 1. The van der Waals surface area contributed by atoms with Crippen molar-refractivity contribution in [3.05, 3.63) is 42.2 Å². The minimum absolute atomic E-state index is 0.279.